The number of rotatable bonds is 6. The molecule has 0 radical (unpaired) electrons. The number of halogens is 4. The van der Waals surface area contributed by atoms with E-state index in [4.69, 9.17) is 16.3 Å². The molecule has 24 heavy (non-hydrogen) atoms. The van der Waals surface area contributed by atoms with Gasteiger partial charge in [-0.05, 0) is 49.4 Å². The van der Waals surface area contributed by atoms with Gasteiger partial charge in [0.1, 0.15) is 12.4 Å². The minimum absolute atomic E-state index is 0.0715. The fraction of sp³-hybridized carbons (Fsp3) is 0.188. The number of anilines is 2. The number of benzene rings is 2. The average molecular weight is 358 g/mol. The summed E-state index contributed by atoms with van der Waals surface area (Å²) in [6, 6.07) is 12.6. The molecule has 128 valence electrons. The highest BCUT2D eigenvalue weighted by Crippen LogP contribution is 2.22. The van der Waals surface area contributed by atoms with Crippen LogP contribution in [0.5, 0.6) is 5.75 Å². The second-order valence-electron chi connectivity index (χ2n) is 4.91. The van der Waals surface area contributed by atoms with E-state index in [0.717, 1.165) is 0 Å². The van der Waals surface area contributed by atoms with Gasteiger partial charge in [-0.15, -0.1) is 0 Å². The number of hydrogen-bond acceptors (Lipinski definition) is 4. The zero-order chi connectivity index (χ0) is 17.6. The molecule has 0 aliphatic rings. The van der Waals surface area contributed by atoms with Crippen LogP contribution < -0.4 is 15.5 Å². The van der Waals surface area contributed by atoms with Crippen molar-refractivity contribution in [1.29, 1.82) is 0 Å². The number of hydrogen-bond donors (Lipinski definition) is 2. The highest BCUT2D eigenvalue weighted by molar-refractivity contribution is 6.30. The number of ether oxygens (including phenoxy) is 1. The van der Waals surface area contributed by atoms with E-state index in [1.807, 2.05) is 0 Å². The molecule has 0 saturated carbocycles. The fourth-order valence-corrected chi connectivity index (χ4v) is 1.87. The van der Waals surface area contributed by atoms with Gasteiger partial charge in [0.05, 0.1) is 11.4 Å². The van der Waals surface area contributed by atoms with Gasteiger partial charge in [-0.2, -0.15) is 18.3 Å². The predicted molar refractivity (Wildman–Crippen MR) is 89.8 cm³/mol. The van der Waals surface area contributed by atoms with Gasteiger partial charge in [0.2, 0.25) is 0 Å². The lowest BCUT2D eigenvalue weighted by molar-refractivity contribution is -0.0999. The van der Waals surface area contributed by atoms with Gasteiger partial charge in [-0.3, -0.25) is 10.7 Å². The van der Waals surface area contributed by atoms with Gasteiger partial charge in [0.15, 0.2) is 0 Å². The SMILES string of the molecule is C/C(COc1ccc(Cl)cc1)=N/Nc1cccc(NC(F)(F)F)c1. The molecule has 0 heterocycles. The second-order valence-corrected chi connectivity index (χ2v) is 5.34. The molecule has 2 aromatic carbocycles. The highest BCUT2D eigenvalue weighted by Gasteiger charge is 2.26. The summed E-state index contributed by atoms with van der Waals surface area (Å²) in [7, 11) is 0. The summed E-state index contributed by atoms with van der Waals surface area (Å²) in [5.74, 6) is 0.644. The zero-order valence-electron chi connectivity index (χ0n) is 12.7. The van der Waals surface area contributed by atoms with Crippen LogP contribution in [0.3, 0.4) is 0 Å². The molecule has 0 aliphatic carbocycles. The molecule has 0 aromatic heterocycles. The molecule has 2 aromatic rings. The minimum atomic E-state index is -4.48. The van der Waals surface area contributed by atoms with E-state index in [0.29, 0.717) is 22.2 Å². The molecular weight excluding hydrogens is 343 g/mol. The Hall–Kier alpha value is -2.41. The van der Waals surface area contributed by atoms with Crippen LogP contribution in [0.4, 0.5) is 24.5 Å². The van der Waals surface area contributed by atoms with E-state index < -0.39 is 6.30 Å². The van der Waals surface area contributed by atoms with Crippen LogP contribution in [0.15, 0.2) is 53.6 Å². The molecule has 4 nitrogen and oxygen atoms in total. The second kappa shape index (κ2) is 7.92. The van der Waals surface area contributed by atoms with Crippen molar-refractivity contribution in [2.45, 2.75) is 13.2 Å². The van der Waals surface area contributed by atoms with Crippen molar-refractivity contribution in [3.05, 3.63) is 53.6 Å². The normalized spacial score (nSPS) is 12.0. The lowest BCUT2D eigenvalue weighted by Crippen LogP contribution is -2.20. The van der Waals surface area contributed by atoms with E-state index in [9.17, 15) is 13.2 Å². The van der Waals surface area contributed by atoms with E-state index in [1.54, 1.807) is 37.3 Å². The maximum absolute atomic E-state index is 12.3. The third-order valence-corrected chi connectivity index (χ3v) is 3.04. The van der Waals surface area contributed by atoms with E-state index in [2.05, 4.69) is 10.5 Å². The first-order chi connectivity index (χ1) is 11.3. The summed E-state index contributed by atoms with van der Waals surface area (Å²) in [6.45, 7) is 1.97. The van der Waals surface area contributed by atoms with E-state index in [1.165, 1.54) is 23.5 Å². The van der Waals surface area contributed by atoms with Crippen molar-refractivity contribution in [1.82, 2.24) is 0 Å². The summed E-state index contributed by atoms with van der Waals surface area (Å²) in [5, 5.41) is 6.12. The molecule has 0 saturated heterocycles. The molecule has 0 unspecified atom stereocenters. The molecule has 0 atom stereocenters. The first-order valence-corrected chi connectivity index (χ1v) is 7.32. The van der Waals surface area contributed by atoms with Gasteiger partial charge in [0, 0.05) is 10.7 Å². The van der Waals surface area contributed by atoms with Gasteiger partial charge >= 0.3 is 6.30 Å². The topological polar surface area (TPSA) is 45.6 Å². The van der Waals surface area contributed by atoms with Gasteiger partial charge in [-0.1, -0.05) is 17.7 Å². The van der Waals surface area contributed by atoms with Crippen molar-refractivity contribution in [2.24, 2.45) is 5.10 Å². The van der Waals surface area contributed by atoms with Crippen molar-refractivity contribution >= 4 is 28.7 Å². The number of hydrazone groups is 1. The number of nitrogens with one attached hydrogen (secondary N) is 2. The van der Waals surface area contributed by atoms with Crippen LogP contribution in [0.25, 0.3) is 0 Å². The molecule has 2 rings (SSSR count). The molecule has 2 N–H and O–H groups in total. The zero-order valence-corrected chi connectivity index (χ0v) is 13.4. The smallest absolute Gasteiger partial charge is 0.482 e. The van der Waals surface area contributed by atoms with Crippen molar-refractivity contribution in [2.75, 3.05) is 17.3 Å². The lowest BCUT2D eigenvalue weighted by atomic mass is 10.3. The monoisotopic (exact) mass is 357 g/mol. The van der Waals surface area contributed by atoms with Gasteiger partial charge in [0.25, 0.3) is 0 Å². The molecule has 8 heteroatoms. The Kier molecular flexibility index (Phi) is 5.92. The number of nitrogens with zero attached hydrogens (tertiary/aromatic N) is 1. The van der Waals surface area contributed by atoms with E-state index >= 15 is 0 Å². The molecule has 0 fully saturated rings. The van der Waals surface area contributed by atoms with Crippen molar-refractivity contribution in [3.8, 4) is 5.75 Å². The maximum Gasteiger partial charge on any atom is 0.482 e. The Morgan fingerprint density at radius 2 is 1.79 bits per heavy atom. The standard InChI is InChI=1S/C16H15ClF3N3O/c1-11(10-24-15-7-5-12(17)6-8-15)22-23-14-4-2-3-13(9-14)21-16(18,19)20/h2-9,21,23H,10H2,1H3/b22-11-. The van der Waals surface area contributed by atoms with Gasteiger partial charge < -0.3 is 4.74 Å². The van der Waals surface area contributed by atoms with E-state index in [-0.39, 0.29) is 12.3 Å². The lowest BCUT2D eigenvalue weighted by Gasteiger charge is -2.11. The molecule has 0 spiro atoms. The first kappa shape index (κ1) is 17.9. The quantitative estimate of drug-likeness (QED) is 0.427. The number of alkyl halides is 3. The molecule has 0 aliphatic heterocycles. The fourth-order valence-electron chi connectivity index (χ4n) is 1.74. The van der Waals surface area contributed by atoms with Crippen LogP contribution in [0, 0.1) is 0 Å². The van der Waals surface area contributed by atoms with Crippen LogP contribution in [0.1, 0.15) is 6.92 Å². The van der Waals surface area contributed by atoms with Gasteiger partial charge in [-0.25, -0.2) is 0 Å². The molecular formula is C16H15ClF3N3O. The molecule has 0 amide bonds. The molecule has 0 bridgehead atoms. The third-order valence-electron chi connectivity index (χ3n) is 2.79. The van der Waals surface area contributed by atoms with Crippen LogP contribution >= 0.6 is 11.6 Å². The van der Waals surface area contributed by atoms with Crippen molar-refractivity contribution < 1.29 is 17.9 Å². The average Bonchev–Trinajstić information content (AvgIpc) is 2.51. The van der Waals surface area contributed by atoms with Crippen LogP contribution in [-0.2, 0) is 0 Å². The summed E-state index contributed by atoms with van der Waals surface area (Å²) >= 11 is 5.78. The highest BCUT2D eigenvalue weighted by atomic mass is 35.5. The Morgan fingerprint density at radius 3 is 2.46 bits per heavy atom. The summed E-state index contributed by atoms with van der Waals surface area (Å²) < 4.78 is 42.4. The maximum atomic E-state index is 12.3. The summed E-state index contributed by atoms with van der Waals surface area (Å²) in [5.41, 5.74) is 3.67. The first-order valence-electron chi connectivity index (χ1n) is 6.94. The van der Waals surface area contributed by atoms with Crippen molar-refractivity contribution in [3.63, 3.8) is 0 Å². The Labute approximate surface area is 142 Å². The predicted octanol–water partition coefficient (Wildman–Crippen LogP) is 5.14. The largest absolute Gasteiger partial charge is 0.488 e. The Morgan fingerprint density at radius 1 is 1.12 bits per heavy atom. The Balaban J connectivity index is 1.89. The summed E-state index contributed by atoms with van der Waals surface area (Å²) in [4.78, 5) is 0. The Bertz CT molecular complexity index is 702. The van der Waals surface area contributed by atoms with Crippen LogP contribution in [0.2, 0.25) is 5.02 Å². The minimum Gasteiger partial charge on any atom is -0.488 e. The third kappa shape index (κ3) is 6.37. The summed E-state index contributed by atoms with van der Waals surface area (Å²) in [6.07, 6.45) is -4.48. The van der Waals surface area contributed by atoms with Crippen LogP contribution in [-0.4, -0.2) is 18.6 Å².